The summed E-state index contributed by atoms with van der Waals surface area (Å²) in [6, 6.07) is 14.8. The third kappa shape index (κ3) is 2.38. The maximum absolute atomic E-state index is 5.93. The van der Waals surface area contributed by atoms with Gasteiger partial charge in [-0.3, -0.25) is 0 Å². The van der Waals surface area contributed by atoms with Gasteiger partial charge in [-0.2, -0.15) is 0 Å². The molecule has 0 aliphatic heterocycles. The van der Waals surface area contributed by atoms with Crippen LogP contribution in [0.25, 0.3) is 10.9 Å². The van der Waals surface area contributed by atoms with E-state index in [0.29, 0.717) is 0 Å². The quantitative estimate of drug-likeness (QED) is 0.701. The molecule has 0 unspecified atom stereocenters. The Morgan fingerprint density at radius 3 is 2.74 bits per heavy atom. The van der Waals surface area contributed by atoms with Crippen LogP contribution in [0.1, 0.15) is 11.1 Å². The largest absolute Gasteiger partial charge is 0.398 e. The number of halogens is 1. The van der Waals surface area contributed by atoms with Crippen LogP contribution in [0.4, 0.5) is 5.69 Å². The molecule has 0 bridgehead atoms. The molecule has 1 heterocycles. The van der Waals surface area contributed by atoms with Gasteiger partial charge in [-0.05, 0) is 63.6 Å². The number of aryl methyl sites for hydroxylation is 1. The molecule has 0 spiro atoms. The predicted octanol–water partition coefficient (Wildman–Crippen LogP) is 4.34. The second kappa shape index (κ2) is 4.74. The average Bonchev–Trinajstić information content (AvgIpc) is 2.77. The predicted molar refractivity (Wildman–Crippen MR) is 84.3 cm³/mol. The second-order valence-electron chi connectivity index (χ2n) is 4.86. The van der Waals surface area contributed by atoms with Gasteiger partial charge in [0.1, 0.15) is 0 Å². The molecule has 0 saturated carbocycles. The lowest BCUT2D eigenvalue weighted by atomic mass is 10.2. The van der Waals surface area contributed by atoms with Crippen LogP contribution in [-0.2, 0) is 6.54 Å². The van der Waals surface area contributed by atoms with Gasteiger partial charge < -0.3 is 10.3 Å². The minimum atomic E-state index is 0.783. The molecule has 2 N–H and O–H groups in total. The summed E-state index contributed by atoms with van der Waals surface area (Å²) < 4.78 is 3.20. The van der Waals surface area contributed by atoms with Crippen molar-refractivity contribution in [2.75, 3.05) is 5.73 Å². The number of nitrogens with two attached hydrogens (primary N) is 1. The standard InChI is InChI=1S/C16H15BrN2/c1-11-2-4-13-6-7-19(16(13)8-11)10-12-3-5-14(17)15(18)9-12/h2-9H,10,18H2,1H3. The molecule has 0 amide bonds. The highest BCUT2D eigenvalue weighted by Gasteiger charge is 2.03. The van der Waals surface area contributed by atoms with Crippen LogP contribution in [0, 0.1) is 6.92 Å². The molecule has 0 radical (unpaired) electrons. The van der Waals surface area contributed by atoms with Gasteiger partial charge in [0.15, 0.2) is 0 Å². The molecule has 0 saturated heterocycles. The van der Waals surface area contributed by atoms with Gasteiger partial charge in [0.2, 0.25) is 0 Å². The topological polar surface area (TPSA) is 30.9 Å². The Labute approximate surface area is 121 Å². The highest BCUT2D eigenvalue weighted by molar-refractivity contribution is 9.10. The van der Waals surface area contributed by atoms with Gasteiger partial charge in [-0.25, -0.2) is 0 Å². The van der Waals surface area contributed by atoms with Crippen molar-refractivity contribution in [1.82, 2.24) is 4.57 Å². The normalized spacial score (nSPS) is 11.1. The molecule has 3 rings (SSSR count). The van der Waals surface area contributed by atoms with Crippen molar-refractivity contribution < 1.29 is 0 Å². The van der Waals surface area contributed by atoms with Gasteiger partial charge >= 0.3 is 0 Å². The Kier molecular flexibility index (Phi) is 3.07. The molecule has 2 aromatic carbocycles. The zero-order chi connectivity index (χ0) is 13.4. The van der Waals surface area contributed by atoms with Gasteiger partial charge in [0.25, 0.3) is 0 Å². The molecule has 3 heteroatoms. The number of benzene rings is 2. The fraction of sp³-hybridized carbons (Fsp3) is 0.125. The van der Waals surface area contributed by atoms with Crippen molar-refractivity contribution in [3.05, 3.63) is 64.3 Å². The number of hydrogen-bond donors (Lipinski definition) is 1. The van der Waals surface area contributed by atoms with Crippen LogP contribution in [-0.4, -0.2) is 4.57 Å². The Hall–Kier alpha value is -1.74. The zero-order valence-corrected chi connectivity index (χ0v) is 12.3. The molecular weight excluding hydrogens is 300 g/mol. The van der Waals surface area contributed by atoms with Crippen molar-refractivity contribution in [3.8, 4) is 0 Å². The molecule has 0 aliphatic rings. The van der Waals surface area contributed by atoms with Gasteiger partial charge in [-0.1, -0.05) is 18.2 Å². The van der Waals surface area contributed by atoms with Crippen LogP contribution in [0.15, 0.2) is 53.1 Å². The lowest BCUT2D eigenvalue weighted by Crippen LogP contribution is -1.99. The summed E-state index contributed by atoms with van der Waals surface area (Å²) >= 11 is 3.42. The molecule has 0 atom stereocenters. The number of anilines is 1. The third-order valence-corrected chi connectivity index (χ3v) is 4.06. The third-order valence-electron chi connectivity index (χ3n) is 3.34. The van der Waals surface area contributed by atoms with Gasteiger partial charge in [0, 0.05) is 28.4 Å². The molecule has 0 fully saturated rings. The van der Waals surface area contributed by atoms with Crippen LogP contribution < -0.4 is 5.73 Å². The Balaban J connectivity index is 2.00. The maximum Gasteiger partial charge on any atom is 0.0486 e. The lowest BCUT2D eigenvalue weighted by molar-refractivity contribution is 0.837. The van der Waals surface area contributed by atoms with Crippen LogP contribution in [0.2, 0.25) is 0 Å². The summed E-state index contributed by atoms with van der Waals surface area (Å²) in [7, 11) is 0. The number of rotatable bonds is 2. The summed E-state index contributed by atoms with van der Waals surface area (Å²) in [5.41, 5.74) is 10.5. The van der Waals surface area contributed by atoms with E-state index in [1.165, 1.54) is 22.0 Å². The minimum Gasteiger partial charge on any atom is -0.398 e. The molecule has 1 aromatic heterocycles. The van der Waals surface area contributed by atoms with Crippen LogP contribution >= 0.6 is 15.9 Å². The summed E-state index contributed by atoms with van der Waals surface area (Å²) in [6.45, 7) is 2.96. The molecule has 3 aromatic rings. The van der Waals surface area contributed by atoms with E-state index in [1.807, 2.05) is 12.1 Å². The summed E-state index contributed by atoms with van der Waals surface area (Å²) in [6.07, 6.45) is 2.13. The first-order chi connectivity index (χ1) is 9.13. The first kappa shape index (κ1) is 12.3. The number of fused-ring (bicyclic) bond motifs is 1. The van der Waals surface area contributed by atoms with Crippen LogP contribution in [0.3, 0.4) is 0 Å². The minimum absolute atomic E-state index is 0.783. The van der Waals surface area contributed by atoms with E-state index in [9.17, 15) is 0 Å². The first-order valence-electron chi connectivity index (χ1n) is 6.23. The summed E-state index contributed by atoms with van der Waals surface area (Å²) in [4.78, 5) is 0. The Morgan fingerprint density at radius 2 is 1.95 bits per heavy atom. The van der Waals surface area contributed by atoms with Gasteiger partial charge in [0.05, 0.1) is 0 Å². The van der Waals surface area contributed by atoms with Gasteiger partial charge in [-0.15, -0.1) is 0 Å². The summed E-state index contributed by atoms with van der Waals surface area (Å²) in [5.74, 6) is 0. The molecule has 0 aliphatic carbocycles. The Morgan fingerprint density at radius 1 is 1.11 bits per heavy atom. The van der Waals surface area contributed by atoms with E-state index in [0.717, 1.165) is 16.7 Å². The highest BCUT2D eigenvalue weighted by Crippen LogP contribution is 2.23. The first-order valence-corrected chi connectivity index (χ1v) is 7.02. The summed E-state index contributed by atoms with van der Waals surface area (Å²) in [5, 5.41) is 1.27. The SMILES string of the molecule is Cc1ccc2ccn(Cc3ccc(Br)c(N)c3)c2c1. The lowest BCUT2D eigenvalue weighted by Gasteiger charge is -2.08. The zero-order valence-electron chi connectivity index (χ0n) is 10.7. The average molecular weight is 315 g/mol. The second-order valence-corrected chi connectivity index (χ2v) is 5.72. The van der Waals surface area contributed by atoms with E-state index >= 15 is 0 Å². The van der Waals surface area contributed by atoms with E-state index in [2.05, 4.69) is 63.9 Å². The number of aromatic nitrogens is 1. The number of nitrogen functional groups attached to an aromatic ring is 1. The van der Waals surface area contributed by atoms with E-state index in [1.54, 1.807) is 0 Å². The fourth-order valence-electron chi connectivity index (χ4n) is 2.32. The fourth-order valence-corrected chi connectivity index (χ4v) is 2.57. The number of hydrogen-bond acceptors (Lipinski definition) is 1. The van der Waals surface area contributed by atoms with Crippen molar-refractivity contribution in [2.45, 2.75) is 13.5 Å². The van der Waals surface area contributed by atoms with Crippen molar-refractivity contribution in [3.63, 3.8) is 0 Å². The van der Waals surface area contributed by atoms with E-state index < -0.39 is 0 Å². The molecule has 19 heavy (non-hydrogen) atoms. The molecule has 96 valence electrons. The highest BCUT2D eigenvalue weighted by atomic mass is 79.9. The molecule has 2 nitrogen and oxygen atoms in total. The van der Waals surface area contributed by atoms with Crippen molar-refractivity contribution in [2.24, 2.45) is 0 Å². The van der Waals surface area contributed by atoms with Crippen LogP contribution in [0.5, 0.6) is 0 Å². The van der Waals surface area contributed by atoms with Crippen molar-refractivity contribution in [1.29, 1.82) is 0 Å². The molecular formula is C16H15BrN2. The number of nitrogens with zero attached hydrogens (tertiary/aromatic N) is 1. The maximum atomic E-state index is 5.93. The smallest absolute Gasteiger partial charge is 0.0486 e. The van der Waals surface area contributed by atoms with E-state index in [4.69, 9.17) is 5.73 Å². The monoisotopic (exact) mass is 314 g/mol. The van der Waals surface area contributed by atoms with E-state index in [-0.39, 0.29) is 0 Å². The van der Waals surface area contributed by atoms with Crippen molar-refractivity contribution >= 4 is 32.5 Å². The Bertz CT molecular complexity index is 744.